The predicted octanol–water partition coefficient (Wildman–Crippen LogP) is 3.71. The van der Waals surface area contributed by atoms with Gasteiger partial charge in [-0.25, -0.2) is 0 Å². The van der Waals surface area contributed by atoms with Gasteiger partial charge >= 0.3 is 0 Å². The van der Waals surface area contributed by atoms with Crippen LogP contribution in [0.5, 0.6) is 5.75 Å². The SMILES string of the molecule is CCN1CCCC1CNC(=O)CN1C(=O)/C(=C\c2cccc(Cl)c2)Oc2ccccc21. The summed E-state index contributed by atoms with van der Waals surface area (Å²) in [7, 11) is 0. The smallest absolute Gasteiger partial charge is 0.294 e. The number of nitrogens with one attached hydrogen (secondary N) is 1. The summed E-state index contributed by atoms with van der Waals surface area (Å²) in [4.78, 5) is 29.8. The Bertz CT molecular complexity index is 1010. The van der Waals surface area contributed by atoms with E-state index < -0.39 is 0 Å². The highest BCUT2D eigenvalue weighted by Crippen LogP contribution is 2.35. The van der Waals surface area contributed by atoms with Crippen LogP contribution in [0.2, 0.25) is 5.02 Å². The highest BCUT2D eigenvalue weighted by Gasteiger charge is 2.32. The number of amides is 2. The summed E-state index contributed by atoms with van der Waals surface area (Å²) in [6.07, 6.45) is 3.88. The van der Waals surface area contributed by atoms with Gasteiger partial charge in [0.2, 0.25) is 5.91 Å². The summed E-state index contributed by atoms with van der Waals surface area (Å²) in [5, 5.41) is 3.58. The number of benzene rings is 2. The zero-order valence-electron chi connectivity index (χ0n) is 17.5. The van der Waals surface area contributed by atoms with Crippen LogP contribution in [0.4, 0.5) is 5.69 Å². The first-order chi connectivity index (χ1) is 15.0. The number of hydrogen-bond donors (Lipinski definition) is 1. The summed E-state index contributed by atoms with van der Waals surface area (Å²) in [6, 6.07) is 14.8. The molecule has 31 heavy (non-hydrogen) atoms. The molecule has 1 N–H and O–H groups in total. The molecule has 4 rings (SSSR count). The fourth-order valence-corrected chi connectivity index (χ4v) is 4.34. The molecule has 0 saturated carbocycles. The summed E-state index contributed by atoms with van der Waals surface area (Å²) in [5.41, 5.74) is 1.34. The van der Waals surface area contributed by atoms with E-state index in [1.807, 2.05) is 24.3 Å². The van der Waals surface area contributed by atoms with E-state index in [0.29, 0.717) is 29.0 Å². The molecule has 1 unspecified atom stereocenters. The minimum absolute atomic E-state index is 0.0645. The number of anilines is 1. The van der Waals surface area contributed by atoms with Crippen molar-refractivity contribution in [3.05, 3.63) is 64.9 Å². The Morgan fingerprint density at radius 3 is 2.90 bits per heavy atom. The van der Waals surface area contributed by atoms with Gasteiger partial charge in [-0.2, -0.15) is 0 Å². The minimum Gasteiger partial charge on any atom is -0.449 e. The van der Waals surface area contributed by atoms with Crippen LogP contribution < -0.4 is 15.0 Å². The number of rotatable bonds is 6. The first-order valence-corrected chi connectivity index (χ1v) is 11.0. The molecule has 0 bridgehead atoms. The number of carbonyl (C=O) groups is 2. The third kappa shape index (κ3) is 4.92. The normalized spacial score (nSPS) is 19.9. The lowest BCUT2D eigenvalue weighted by Crippen LogP contribution is -2.47. The van der Waals surface area contributed by atoms with Crippen LogP contribution in [0.15, 0.2) is 54.3 Å². The number of hydrogen-bond acceptors (Lipinski definition) is 4. The van der Waals surface area contributed by atoms with Gasteiger partial charge in [0, 0.05) is 17.6 Å². The summed E-state index contributed by atoms with van der Waals surface area (Å²) < 4.78 is 5.86. The second-order valence-electron chi connectivity index (χ2n) is 7.75. The van der Waals surface area contributed by atoms with Crippen LogP contribution in [-0.4, -0.2) is 48.9 Å². The Labute approximate surface area is 187 Å². The minimum atomic E-state index is -0.357. The quantitative estimate of drug-likeness (QED) is 0.697. The monoisotopic (exact) mass is 439 g/mol. The van der Waals surface area contributed by atoms with Crippen LogP contribution in [0.25, 0.3) is 6.08 Å². The van der Waals surface area contributed by atoms with Gasteiger partial charge in [0.25, 0.3) is 5.91 Å². The second-order valence-corrected chi connectivity index (χ2v) is 8.19. The Balaban J connectivity index is 1.51. The van der Waals surface area contributed by atoms with Gasteiger partial charge in [0.05, 0.1) is 5.69 Å². The van der Waals surface area contributed by atoms with Gasteiger partial charge in [-0.05, 0) is 61.8 Å². The molecule has 1 atom stereocenters. The van der Waals surface area contributed by atoms with Crippen molar-refractivity contribution in [2.45, 2.75) is 25.8 Å². The second kappa shape index (κ2) is 9.54. The molecule has 2 amide bonds. The van der Waals surface area contributed by atoms with E-state index in [0.717, 1.165) is 31.5 Å². The molecule has 162 valence electrons. The third-order valence-electron chi connectivity index (χ3n) is 5.72. The van der Waals surface area contributed by atoms with E-state index in [4.69, 9.17) is 16.3 Å². The number of fused-ring (bicyclic) bond motifs is 1. The summed E-state index contributed by atoms with van der Waals surface area (Å²) in [6.45, 7) is 4.72. The lowest BCUT2D eigenvalue weighted by atomic mass is 10.1. The van der Waals surface area contributed by atoms with Crippen molar-refractivity contribution < 1.29 is 14.3 Å². The van der Waals surface area contributed by atoms with Crippen molar-refractivity contribution in [2.75, 3.05) is 31.1 Å². The van der Waals surface area contributed by atoms with Gasteiger partial charge in [-0.3, -0.25) is 19.4 Å². The molecule has 0 aliphatic carbocycles. The predicted molar refractivity (Wildman–Crippen MR) is 122 cm³/mol. The topological polar surface area (TPSA) is 61.9 Å². The molecular formula is C24H26ClN3O3. The number of ether oxygens (including phenoxy) is 1. The zero-order valence-corrected chi connectivity index (χ0v) is 18.3. The van der Waals surface area contributed by atoms with Crippen molar-refractivity contribution in [3.63, 3.8) is 0 Å². The number of nitrogens with zero attached hydrogens (tertiary/aromatic N) is 2. The lowest BCUT2D eigenvalue weighted by molar-refractivity contribution is -0.123. The maximum Gasteiger partial charge on any atom is 0.294 e. The molecule has 2 aromatic carbocycles. The first-order valence-electron chi connectivity index (χ1n) is 10.6. The molecule has 2 aliphatic rings. The van der Waals surface area contributed by atoms with Gasteiger partial charge in [0.1, 0.15) is 6.54 Å². The van der Waals surface area contributed by atoms with Gasteiger partial charge in [-0.1, -0.05) is 42.8 Å². The molecule has 6 nitrogen and oxygen atoms in total. The van der Waals surface area contributed by atoms with E-state index in [-0.39, 0.29) is 24.1 Å². The highest BCUT2D eigenvalue weighted by atomic mass is 35.5. The molecule has 0 aromatic heterocycles. The average molecular weight is 440 g/mol. The van der Waals surface area contributed by atoms with Gasteiger partial charge in [0.15, 0.2) is 11.5 Å². The Morgan fingerprint density at radius 2 is 2.10 bits per heavy atom. The number of halogens is 1. The maximum absolute atomic E-state index is 13.2. The molecule has 2 heterocycles. The Morgan fingerprint density at radius 1 is 1.26 bits per heavy atom. The highest BCUT2D eigenvalue weighted by molar-refractivity contribution is 6.30. The standard InChI is InChI=1S/C24H26ClN3O3/c1-2-27-12-6-9-19(27)15-26-23(29)16-28-20-10-3-4-11-21(20)31-22(24(28)30)14-17-7-5-8-18(25)13-17/h3-5,7-8,10-11,13-14,19H,2,6,9,12,15-16H2,1H3,(H,26,29)/b22-14+. The molecule has 2 aromatic rings. The molecule has 1 fully saturated rings. The van der Waals surface area contributed by atoms with E-state index >= 15 is 0 Å². The van der Waals surface area contributed by atoms with Crippen LogP contribution in [0, 0.1) is 0 Å². The molecule has 0 spiro atoms. The van der Waals surface area contributed by atoms with Crippen molar-refractivity contribution in [2.24, 2.45) is 0 Å². The molecule has 7 heteroatoms. The zero-order chi connectivity index (χ0) is 21.8. The van der Waals surface area contributed by atoms with Gasteiger partial charge in [-0.15, -0.1) is 0 Å². The fraction of sp³-hybridized carbons (Fsp3) is 0.333. The lowest BCUT2D eigenvalue weighted by Gasteiger charge is -2.30. The summed E-state index contributed by atoms with van der Waals surface area (Å²) >= 11 is 6.07. The van der Waals surface area contributed by atoms with E-state index in [2.05, 4.69) is 17.1 Å². The van der Waals surface area contributed by atoms with Crippen molar-refractivity contribution in [3.8, 4) is 5.75 Å². The van der Waals surface area contributed by atoms with Crippen LogP contribution >= 0.6 is 11.6 Å². The molecular weight excluding hydrogens is 414 g/mol. The molecule has 1 saturated heterocycles. The van der Waals surface area contributed by atoms with Crippen LogP contribution in [0.1, 0.15) is 25.3 Å². The van der Waals surface area contributed by atoms with Crippen molar-refractivity contribution in [1.82, 2.24) is 10.2 Å². The molecule has 2 aliphatic heterocycles. The third-order valence-corrected chi connectivity index (χ3v) is 5.96. The number of likely N-dealkylation sites (N-methyl/N-ethyl adjacent to an activating group) is 1. The maximum atomic E-state index is 13.2. The number of carbonyl (C=O) groups excluding carboxylic acids is 2. The first kappa shape index (κ1) is 21.4. The van der Waals surface area contributed by atoms with Crippen LogP contribution in [-0.2, 0) is 9.59 Å². The summed E-state index contributed by atoms with van der Waals surface area (Å²) in [5.74, 6) is 0.151. The van der Waals surface area contributed by atoms with E-state index in [9.17, 15) is 9.59 Å². The number of likely N-dealkylation sites (tertiary alicyclic amines) is 1. The van der Waals surface area contributed by atoms with Crippen molar-refractivity contribution in [1.29, 1.82) is 0 Å². The largest absolute Gasteiger partial charge is 0.449 e. The fourth-order valence-electron chi connectivity index (χ4n) is 4.14. The van der Waals surface area contributed by atoms with Crippen LogP contribution in [0.3, 0.4) is 0 Å². The Kier molecular flexibility index (Phi) is 6.59. The van der Waals surface area contributed by atoms with E-state index in [1.165, 1.54) is 4.90 Å². The van der Waals surface area contributed by atoms with Gasteiger partial charge < -0.3 is 10.1 Å². The Hall–Kier alpha value is -2.83. The number of para-hydroxylation sites is 2. The van der Waals surface area contributed by atoms with E-state index in [1.54, 1.807) is 30.3 Å². The van der Waals surface area contributed by atoms with Crippen molar-refractivity contribution >= 4 is 35.2 Å². The average Bonchev–Trinajstić information content (AvgIpc) is 3.23. The molecule has 0 radical (unpaired) electrons.